The van der Waals surface area contributed by atoms with Crippen molar-refractivity contribution in [2.45, 2.75) is 45.3 Å². The van der Waals surface area contributed by atoms with Gasteiger partial charge in [0.05, 0.1) is 11.9 Å². The maximum Gasteiger partial charge on any atom is 0.0541 e. The Morgan fingerprint density at radius 2 is 2.37 bits per heavy atom. The lowest BCUT2D eigenvalue weighted by molar-refractivity contribution is 0.445. The van der Waals surface area contributed by atoms with E-state index < -0.39 is 0 Å². The first-order valence-corrected chi connectivity index (χ1v) is 7.06. The van der Waals surface area contributed by atoms with Gasteiger partial charge in [-0.2, -0.15) is 5.10 Å². The van der Waals surface area contributed by atoms with Crippen LogP contribution < -0.4 is 5.32 Å². The van der Waals surface area contributed by atoms with E-state index in [9.17, 15) is 0 Å². The monoisotopic (exact) mass is 256 g/mol. The number of fused-ring (bicyclic) bond motifs is 1. The van der Waals surface area contributed by atoms with Gasteiger partial charge >= 0.3 is 0 Å². The smallest absolute Gasteiger partial charge is 0.0541 e. The SMILES string of the molecule is CCn1ncc2c1CCC[C@H]2NCc1ccccn1. The van der Waals surface area contributed by atoms with Gasteiger partial charge in [0.1, 0.15) is 0 Å². The predicted octanol–water partition coefficient (Wildman–Crippen LogP) is 2.47. The first kappa shape index (κ1) is 12.4. The van der Waals surface area contributed by atoms with Crippen molar-refractivity contribution in [2.24, 2.45) is 0 Å². The molecule has 3 rings (SSSR count). The number of nitrogens with one attached hydrogen (secondary N) is 1. The summed E-state index contributed by atoms with van der Waals surface area (Å²) in [4.78, 5) is 4.36. The molecule has 2 aromatic heterocycles. The zero-order chi connectivity index (χ0) is 13.1. The first-order chi connectivity index (χ1) is 9.38. The zero-order valence-corrected chi connectivity index (χ0v) is 11.3. The molecule has 1 aliphatic rings. The lowest BCUT2D eigenvalue weighted by atomic mass is 9.93. The van der Waals surface area contributed by atoms with Gasteiger partial charge in [-0.1, -0.05) is 6.07 Å². The molecule has 0 saturated heterocycles. The van der Waals surface area contributed by atoms with Gasteiger partial charge in [-0.05, 0) is 38.3 Å². The summed E-state index contributed by atoms with van der Waals surface area (Å²) in [5.41, 5.74) is 3.88. The molecule has 1 aliphatic carbocycles. The lowest BCUT2D eigenvalue weighted by Gasteiger charge is -2.24. The molecular formula is C15H20N4. The minimum atomic E-state index is 0.422. The molecule has 0 aromatic carbocycles. The van der Waals surface area contributed by atoms with Crippen LogP contribution >= 0.6 is 0 Å². The molecule has 2 aromatic rings. The van der Waals surface area contributed by atoms with Gasteiger partial charge in [0.25, 0.3) is 0 Å². The van der Waals surface area contributed by atoms with Gasteiger partial charge < -0.3 is 5.32 Å². The average molecular weight is 256 g/mol. The Kier molecular flexibility index (Phi) is 3.60. The Labute approximate surface area is 113 Å². The van der Waals surface area contributed by atoms with Crippen LogP contribution in [0, 0.1) is 0 Å². The van der Waals surface area contributed by atoms with E-state index in [0.717, 1.165) is 25.2 Å². The van der Waals surface area contributed by atoms with E-state index in [1.807, 2.05) is 24.5 Å². The Hall–Kier alpha value is -1.68. The topological polar surface area (TPSA) is 42.7 Å². The van der Waals surface area contributed by atoms with Crippen LogP contribution in [0.5, 0.6) is 0 Å². The largest absolute Gasteiger partial charge is 0.304 e. The molecule has 0 spiro atoms. The van der Waals surface area contributed by atoms with E-state index in [2.05, 4.69) is 33.1 Å². The van der Waals surface area contributed by atoms with Gasteiger partial charge in [-0.15, -0.1) is 0 Å². The van der Waals surface area contributed by atoms with Gasteiger partial charge in [-0.25, -0.2) is 0 Å². The molecule has 0 unspecified atom stereocenters. The molecule has 0 bridgehead atoms. The standard InChI is InChI=1S/C15H20N4/c1-2-19-15-8-5-7-14(13(15)11-18-19)17-10-12-6-3-4-9-16-12/h3-4,6,9,11,14,17H,2,5,7-8,10H2,1H3/t14-/m1/s1. The lowest BCUT2D eigenvalue weighted by Crippen LogP contribution is -2.25. The van der Waals surface area contributed by atoms with Crippen LogP contribution in [0.3, 0.4) is 0 Å². The third kappa shape index (κ3) is 2.54. The minimum Gasteiger partial charge on any atom is -0.304 e. The number of aromatic nitrogens is 3. The highest BCUT2D eigenvalue weighted by Crippen LogP contribution is 2.29. The maximum absolute atomic E-state index is 4.48. The van der Waals surface area contributed by atoms with Crippen molar-refractivity contribution in [1.82, 2.24) is 20.1 Å². The van der Waals surface area contributed by atoms with Crippen LogP contribution in [0.2, 0.25) is 0 Å². The van der Waals surface area contributed by atoms with Gasteiger partial charge in [0.2, 0.25) is 0 Å². The summed E-state index contributed by atoms with van der Waals surface area (Å²) in [6, 6.07) is 6.47. The van der Waals surface area contributed by atoms with Crippen molar-refractivity contribution in [3.05, 3.63) is 47.5 Å². The summed E-state index contributed by atoms with van der Waals surface area (Å²) in [5.74, 6) is 0. The Balaban J connectivity index is 1.72. The fourth-order valence-corrected chi connectivity index (χ4v) is 2.83. The number of hydrogen-bond donors (Lipinski definition) is 1. The molecule has 19 heavy (non-hydrogen) atoms. The molecule has 4 heteroatoms. The predicted molar refractivity (Wildman–Crippen MR) is 74.7 cm³/mol. The first-order valence-electron chi connectivity index (χ1n) is 7.06. The number of rotatable bonds is 4. The number of aryl methyl sites for hydroxylation is 1. The molecule has 100 valence electrons. The summed E-state index contributed by atoms with van der Waals surface area (Å²) in [6.07, 6.45) is 7.46. The van der Waals surface area contributed by atoms with Crippen molar-refractivity contribution >= 4 is 0 Å². The molecule has 0 aliphatic heterocycles. The van der Waals surface area contributed by atoms with Crippen LogP contribution in [-0.4, -0.2) is 14.8 Å². The van der Waals surface area contributed by atoms with E-state index in [1.54, 1.807) is 0 Å². The van der Waals surface area contributed by atoms with Crippen LogP contribution in [0.25, 0.3) is 0 Å². The van der Waals surface area contributed by atoms with E-state index in [1.165, 1.54) is 24.1 Å². The summed E-state index contributed by atoms with van der Waals surface area (Å²) < 4.78 is 2.13. The van der Waals surface area contributed by atoms with Crippen molar-refractivity contribution in [1.29, 1.82) is 0 Å². The molecule has 0 saturated carbocycles. The highest BCUT2D eigenvalue weighted by Gasteiger charge is 2.23. The minimum absolute atomic E-state index is 0.422. The maximum atomic E-state index is 4.48. The van der Waals surface area contributed by atoms with Crippen LogP contribution in [0.15, 0.2) is 30.6 Å². The normalized spacial score (nSPS) is 18.3. The number of pyridine rings is 1. The third-order valence-electron chi connectivity index (χ3n) is 3.82. The number of nitrogens with zero attached hydrogens (tertiary/aromatic N) is 3. The van der Waals surface area contributed by atoms with Gasteiger partial charge in [-0.3, -0.25) is 9.67 Å². The molecule has 0 fully saturated rings. The Morgan fingerprint density at radius 1 is 1.42 bits per heavy atom. The van der Waals surface area contributed by atoms with Crippen molar-refractivity contribution in [3.63, 3.8) is 0 Å². The van der Waals surface area contributed by atoms with Crippen LogP contribution in [-0.2, 0) is 19.5 Å². The number of hydrogen-bond acceptors (Lipinski definition) is 3. The van der Waals surface area contributed by atoms with Crippen LogP contribution in [0.1, 0.15) is 42.8 Å². The molecule has 2 heterocycles. The van der Waals surface area contributed by atoms with E-state index in [0.29, 0.717) is 6.04 Å². The Morgan fingerprint density at radius 3 is 3.16 bits per heavy atom. The average Bonchev–Trinajstić information content (AvgIpc) is 2.90. The fourth-order valence-electron chi connectivity index (χ4n) is 2.83. The van der Waals surface area contributed by atoms with Crippen LogP contribution in [0.4, 0.5) is 0 Å². The highest BCUT2D eigenvalue weighted by atomic mass is 15.3. The fraction of sp³-hybridized carbons (Fsp3) is 0.467. The quantitative estimate of drug-likeness (QED) is 0.913. The van der Waals surface area contributed by atoms with Crippen molar-refractivity contribution in [3.8, 4) is 0 Å². The van der Waals surface area contributed by atoms with Crippen molar-refractivity contribution < 1.29 is 0 Å². The van der Waals surface area contributed by atoms with Gasteiger partial charge in [0, 0.05) is 36.6 Å². The molecule has 0 amide bonds. The summed E-state index contributed by atoms with van der Waals surface area (Å²) >= 11 is 0. The highest BCUT2D eigenvalue weighted by molar-refractivity contribution is 5.25. The second-order valence-electron chi connectivity index (χ2n) is 5.01. The molecule has 4 nitrogen and oxygen atoms in total. The van der Waals surface area contributed by atoms with Gasteiger partial charge in [0.15, 0.2) is 0 Å². The van der Waals surface area contributed by atoms with E-state index in [4.69, 9.17) is 0 Å². The van der Waals surface area contributed by atoms with E-state index in [-0.39, 0.29) is 0 Å². The Bertz CT molecular complexity index is 532. The molecule has 1 N–H and O–H groups in total. The summed E-state index contributed by atoms with van der Waals surface area (Å²) in [6.45, 7) is 3.93. The second kappa shape index (κ2) is 5.53. The summed E-state index contributed by atoms with van der Waals surface area (Å²) in [5, 5.41) is 8.10. The van der Waals surface area contributed by atoms with E-state index >= 15 is 0 Å². The molecule has 0 radical (unpaired) electrons. The molecular weight excluding hydrogens is 236 g/mol. The molecule has 1 atom stereocenters. The third-order valence-corrected chi connectivity index (χ3v) is 3.82. The zero-order valence-electron chi connectivity index (χ0n) is 11.3. The van der Waals surface area contributed by atoms with Crippen molar-refractivity contribution in [2.75, 3.05) is 0 Å². The second-order valence-corrected chi connectivity index (χ2v) is 5.01. The summed E-state index contributed by atoms with van der Waals surface area (Å²) in [7, 11) is 0.